The molecule has 0 radical (unpaired) electrons. The van der Waals surface area contributed by atoms with E-state index in [1.54, 1.807) is 0 Å². The number of carbonyl (C=O) groups is 1. The second-order valence-electron chi connectivity index (χ2n) is 8.02. The third-order valence-electron chi connectivity index (χ3n) is 6.05. The molecule has 2 N–H and O–H groups in total. The van der Waals surface area contributed by atoms with Crippen LogP contribution < -0.4 is 5.56 Å². The molecule has 2 aromatic rings. The first-order valence-corrected chi connectivity index (χ1v) is 10.2. The van der Waals surface area contributed by atoms with E-state index in [-0.39, 0.29) is 23.5 Å². The average Bonchev–Trinajstić information content (AvgIpc) is 3.14. The quantitative estimate of drug-likeness (QED) is 0.829. The molecule has 28 heavy (non-hydrogen) atoms. The molecule has 7 nitrogen and oxygen atoms in total. The number of rotatable bonds is 4. The van der Waals surface area contributed by atoms with Gasteiger partial charge in [-0.05, 0) is 43.4 Å². The highest BCUT2D eigenvalue weighted by Crippen LogP contribution is 2.27. The van der Waals surface area contributed by atoms with Crippen LogP contribution >= 0.6 is 0 Å². The number of H-pyrrole nitrogens is 1. The maximum Gasteiger partial charge on any atom is 0.251 e. The number of nitrogens with zero attached hydrogens (tertiary/aromatic N) is 3. The van der Waals surface area contributed by atoms with Crippen molar-refractivity contribution in [2.45, 2.75) is 45.3 Å². The van der Waals surface area contributed by atoms with E-state index in [0.29, 0.717) is 12.8 Å². The Labute approximate surface area is 164 Å². The molecule has 2 aliphatic rings. The number of aliphatic hydroxyl groups excluding tert-OH is 1. The predicted octanol–water partition coefficient (Wildman–Crippen LogP) is 1.29. The first-order chi connectivity index (χ1) is 13.5. The lowest BCUT2D eigenvalue weighted by molar-refractivity contribution is -0.137. The first kappa shape index (κ1) is 19.1. The Bertz CT molecular complexity index is 917. The summed E-state index contributed by atoms with van der Waals surface area (Å²) >= 11 is 0. The van der Waals surface area contributed by atoms with E-state index in [4.69, 9.17) is 0 Å². The highest BCUT2D eigenvalue weighted by Gasteiger charge is 2.32. The number of carbonyl (C=O) groups excluding carboxylic acids is 1. The van der Waals surface area contributed by atoms with Crippen molar-refractivity contribution < 1.29 is 9.90 Å². The third kappa shape index (κ3) is 3.95. The van der Waals surface area contributed by atoms with E-state index in [0.717, 1.165) is 67.7 Å². The van der Waals surface area contributed by atoms with Gasteiger partial charge in [-0.2, -0.15) is 0 Å². The summed E-state index contributed by atoms with van der Waals surface area (Å²) in [4.78, 5) is 36.3. The molecule has 2 atom stereocenters. The molecule has 1 aliphatic carbocycles. The Kier molecular flexibility index (Phi) is 5.46. The summed E-state index contributed by atoms with van der Waals surface area (Å²) in [6.07, 6.45) is 4.42. The van der Waals surface area contributed by atoms with Crippen LogP contribution in [0.25, 0.3) is 11.0 Å². The molecule has 4 rings (SSSR count). The molecule has 1 aliphatic heterocycles. The highest BCUT2D eigenvalue weighted by atomic mass is 16.3. The summed E-state index contributed by atoms with van der Waals surface area (Å²) in [6.45, 7) is 5.82. The van der Waals surface area contributed by atoms with Crippen LogP contribution in [0.2, 0.25) is 0 Å². The van der Waals surface area contributed by atoms with Gasteiger partial charge in [0.05, 0.1) is 17.1 Å². The second kappa shape index (κ2) is 8.01. The fourth-order valence-electron chi connectivity index (χ4n) is 4.34. The van der Waals surface area contributed by atoms with Crippen molar-refractivity contribution in [1.82, 2.24) is 19.8 Å². The van der Waals surface area contributed by atoms with Crippen LogP contribution in [-0.4, -0.2) is 63.1 Å². The second-order valence-corrected chi connectivity index (χ2v) is 8.02. The maximum absolute atomic E-state index is 12.6. The number of hydrogen-bond donors (Lipinski definition) is 2. The molecule has 0 aromatic carbocycles. The summed E-state index contributed by atoms with van der Waals surface area (Å²) in [5.41, 5.74) is 3.36. The Hall–Kier alpha value is -2.25. The lowest BCUT2D eigenvalue weighted by Crippen LogP contribution is -2.49. The molecule has 1 saturated carbocycles. The number of aromatic nitrogens is 2. The van der Waals surface area contributed by atoms with Gasteiger partial charge in [0.2, 0.25) is 5.91 Å². The Morgan fingerprint density at radius 3 is 2.71 bits per heavy atom. The Morgan fingerprint density at radius 2 is 2.04 bits per heavy atom. The third-order valence-corrected chi connectivity index (χ3v) is 6.05. The predicted molar refractivity (Wildman–Crippen MR) is 107 cm³/mol. The minimum atomic E-state index is -0.310. The number of pyridine rings is 2. The van der Waals surface area contributed by atoms with Gasteiger partial charge in [0.15, 0.2) is 0 Å². The number of aryl methyl sites for hydroxylation is 1. The van der Waals surface area contributed by atoms with Crippen LogP contribution in [0.15, 0.2) is 23.1 Å². The van der Waals surface area contributed by atoms with E-state index in [2.05, 4.69) is 14.9 Å². The van der Waals surface area contributed by atoms with Crippen LogP contribution in [0.5, 0.6) is 0 Å². The van der Waals surface area contributed by atoms with E-state index >= 15 is 0 Å². The van der Waals surface area contributed by atoms with Gasteiger partial charge in [0.25, 0.3) is 5.56 Å². The van der Waals surface area contributed by atoms with Crippen molar-refractivity contribution >= 4 is 16.9 Å². The fraction of sp³-hybridized carbons (Fsp3) is 0.571. The van der Waals surface area contributed by atoms with Crippen LogP contribution in [0.1, 0.15) is 37.3 Å². The standard InChI is InChI=1S/C21H28N4O3/c1-2-15-11-18-19(23-20(15)27)9-14(12-22-18)13-24-5-7-25(8-6-24)21(28)16-3-4-17(26)10-16/h9,11-12,16-17,26H,2-8,10,13H2,1H3,(H,23,27). The zero-order valence-electron chi connectivity index (χ0n) is 16.4. The summed E-state index contributed by atoms with van der Waals surface area (Å²) in [7, 11) is 0. The van der Waals surface area contributed by atoms with Gasteiger partial charge >= 0.3 is 0 Å². The van der Waals surface area contributed by atoms with E-state index in [1.807, 2.05) is 30.2 Å². The van der Waals surface area contributed by atoms with E-state index in [9.17, 15) is 14.7 Å². The van der Waals surface area contributed by atoms with Gasteiger partial charge < -0.3 is 15.0 Å². The SMILES string of the molecule is CCc1cc2ncc(CN3CCN(C(=O)C4CCC(O)C4)CC3)cc2[nH]c1=O. The van der Waals surface area contributed by atoms with Crippen LogP contribution in [0, 0.1) is 5.92 Å². The highest BCUT2D eigenvalue weighted by molar-refractivity contribution is 5.79. The van der Waals surface area contributed by atoms with Gasteiger partial charge in [0.1, 0.15) is 0 Å². The van der Waals surface area contributed by atoms with Crippen molar-refractivity contribution in [3.8, 4) is 0 Å². The molecular weight excluding hydrogens is 356 g/mol. The van der Waals surface area contributed by atoms with Gasteiger partial charge in [-0.15, -0.1) is 0 Å². The fourth-order valence-corrected chi connectivity index (χ4v) is 4.34. The number of aliphatic hydroxyl groups is 1. The number of hydrogen-bond acceptors (Lipinski definition) is 5. The molecule has 0 spiro atoms. The van der Waals surface area contributed by atoms with Crippen LogP contribution in [-0.2, 0) is 17.8 Å². The largest absolute Gasteiger partial charge is 0.393 e. The van der Waals surface area contributed by atoms with Crippen molar-refractivity contribution in [3.05, 3.63) is 39.8 Å². The number of amides is 1. The minimum absolute atomic E-state index is 0.00364. The molecule has 150 valence electrons. The lowest BCUT2D eigenvalue weighted by atomic mass is 10.1. The van der Waals surface area contributed by atoms with Crippen LogP contribution in [0.3, 0.4) is 0 Å². The van der Waals surface area contributed by atoms with Gasteiger partial charge in [-0.25, -0.2) is 0 Å². The van der Waals surface area contributed by atoms with Gasteiger partial charge in [-0.3, -0.25) is 19.5 Å². The van der Waals surface area contributed by atoms with Gasteiger partial charge in [-0.1, -0.05) is 6.92 Å². The molecule has 3 heterocycles. The first-order valence-electron chi connectivity index (χ1n) is 10.2. The minimum Gasteiger partial charge on any atom is -0.393 e. The smallest absolute Gasteiger partial charge is 0.251 e. The normalized spacial score (nSPS) is 23.4. The van der Waals surface area contributed by atoms with Gasteiger partial charge in [0, 0.05) is 50.4 Å². The molecular formula is C21H28N4O3. The summed E-state index contributed by atoms with van der Waals surface area (Å²) in [6, 6.07) is 3.86. The maximum atomic E-state index is 12.6. The van der Waals surface area contributed by atoms with Crippen molar-refractivity contribution in [2.75, 3.05) is 26.2 Å². The summed E-state index contributed by atoms with van der Waals surface area (Å²) < 4.78 is 0. The zero-order chi connectivity index (χ0) is 19.7. The molecule has 2 fully saturated rings. The monoisotopic (exact) mass is 384 g/mol. The average molecular weight is 384 g/mol. The molecule has 1 amide bonds. The number of piperazine rings is 1. The summed E-state index contributed by atoms with van der Waals surface area (Å²) in [5, 5.41) is 9.67. The molecule has 2 aromatic heterocycles. The molecule has 2 unspecified atom stereocenters. The van der Waals surface area contributed by atoms with E-state index in [1.165, 1.54) is 0 Å². The Morgan fingerprint density at radius 1 is 1.25 bits per heavy atom. The molecule has 7 heteroatoms. The summed E-state index contributed by atoms with van der Waals surface area (Å²) in [5.74, 6) is 0.198. The van der Waals surface area contributed by atoms with Crippen molar-refractivity contribution in [2.24, 2.45) is 5.92 Å². The number of fused-ring (bicyclic) bond motifs is 1. The molecule has 1 saturated heterocycles. The van der Waals surface area contributed by atoms with Crippen LogP contribution in [0.4, 0.5) is 0 Å². The molecule has 0 bridgehead atoms. The van der Waals surface area contributed by atoms with Crippen molar-refractivity contribution in [3.63, 3.8) is 0 Å². The van der Waals surface area contributed by atoms with E-state index < -0.39 is 0 Å². The number of nitrogens with one attached hydrogen (secondary N) is 1. The lowest BCUT2D eigenvalue weighted by Gasteiger charge is -2.36. The number of aromatic amines is 1. The topological polar surface area (TPSA) is 89.5 Å². The van der Waals surface area contributed by atoms with Crippen molar-refractivity contribution in [1.29, 1.82) is 0 Å². The zero-order valence-corrected chi connectivity index (χ0v) is 16.4. The Balaban J connectivity index is 1.37.